The van der Waals surface area contributed by atoms with E-state index in [1.807, 2.05) is 24.3 Å². The van der Waals surface area contributed by atoms with E-state index in [1.54, 1.807) is 0 Å². The first kappa shape index (κ1) is 15.0. The van der Waals surface area contributed by atoms with Gasteiger partial charge in [-0.15, -0.1) is 0 Å². The zero-order chi connectivity index (χ0) is 13.4. The van der Waals surface area contributed by atoms with Crippen molar-refractivity contribution in [1.29, 1.82) is 0 Å². The van der Waals surface area contributed by atoms with Crippen molar-refractivity contribution in [2.45, 2.75) is 39.8 Å². The Labute approximate surface area is 111 Å². The Morgan fingerprint density at radius 2 is 2.11 bits per heavy atom. The molecule has 1 aromatic rings. The van der Waals surface area contributed by atoms with E-state index < -0.39 is 0 Å². The fraction of sp³-hybridized carbons (Fsp3) is 0.600. The zero-order valence-electron chi connectivity index (χ0n) is 11.9. The Bertz CT molecular complexity index is 341. The second-order valence-electron chi connectivity index (χ2n) is 4.59. The lowest BCUT2D eigenvalue weighted by Crippen LogP contribution is -2.35. The van der Waals surface area contributed by atoms with Gasteiger partial charge in [0.1, 0.15) is 12.4 Å². The second-order valence-corrected chi connectivity index (χ2v) is 4.59. The van der Waals surface area contributed by atoms with E-state index in [-0.39, 0.29) is 0 Å². The Balaban J connectivity index is 2.40. The molecule has 2 N–H and O–H groups in total. The second kappa shape index (κ2) is 8.11. The van der Waals surface area contributed by atoms with E-state index >= 15 is 0 Å². The minimum absolute atomic E-state index is 0.561. The third-order valence-corrected chi connectivity index (χ3v) is 3.40. The highest BCUT2D eigenvalue weighted by Crippen LogP contribution is 2.13. The molecule has 0 saturated heterocycles. The SMILES string of the molecule is CCC(C)N(CC)CCOc1cccc(CN)c1. The molecule has 0 aliphatic rings. The first-order valence-electron chi connectivity index (χ1n) is 6.87. The molecule has 0 fully saturated rings. The van der Waals surface area contributed by atoms with Crippen molar-refractivity contribution in [2.75, 3.05) is 19.7 Å². The van der Waals surface area contributed by atoms with Crippen molar-refractivity contribution in [3.63, 3.8) is 0 Å². The van der Waals surface area contributed by atoms with Crippen molar-refractivity contribution in [3.05, 3.63) is 29.8 Å². The first-order valence-corrected chi connectivity index (χ1v) is 6.87. The summed E-state index contributed by atoms with van der Waals surface area (Å²) < 4.78 is 5.78. The largest absolute Gasteiger partial charge is 0.492 e. The highest BCUT2D eigenvalue weighted by molar-refractivity contribution is 5.28. The lowest BCUT2D eigenvalue weighted by molar-refractivity contribution is 0.171. The van der Waals surface area contributed by atoms with Gasteiger partial charge < -0.3 is 10.5 Å². The Kier molecular flexibility index (Phi) is 6.76. The van der Waals surface area contributed by atoms with E-state index in [4.69, 9.17) is 10.5 Å². The van der Waals surface area contributed by atoms with Gasteiger partial charge in [0, 0.05) is 19.1 Å². The molecule has 0 heterocycles. The van der Waals surface area contributed by atoms with Gasteiger partial charge in [0.05, 0.1) is 0 Å². The summed E-state index contributed by atoms with van der Waals surface area (Å²) in [5.74, 6) is 0.915. The Morgan fingerprint density at radius 3 is 2.72 bits per heavy atom. The van der Waals surface area contributed by atoms with E-state index in [0.29, 0.717) is 12.6 Å². The molecule has 3 heteroatoms. The van der Waals surface area contributed by atoms with Crippen molar-refractivity contribution >= 4 is 0 Å². The van der Waals surface area contributed by atoms with Gasteiger partial charge in [-0.05, 0) is 37.6 Å². The summed E-state index contributed by atoms with van der Waals surface area (Å²) in [6.45, 7) is 10.0. The Morgan fingerprint density at radius 1 is 1.33 bits per heavy atom. The number of likely N-dealkylation sites (N-methyl/N-ethyl adjacent to an activating group) is 1. The van der Waals surface area contributed by atoms with Gasteiger partial charge in [0.25, 0.3) is 0 Å². The molecule has 1 unspecified atom stereocenters. The van der Waals surface area contributed by atoms with Crippen LogP contribution in [0.25, 0.3) is 0 Å². The predicted octanol–water partition coefficient (Wildman–Crippen LogP) is 2.64. The summed E-state index contributed by atoms with van der Waals surface area (Å²) in [6.07, 6.45) is 1.18. The van der Waals surface area contributed by atoms with Gasteiger partial charge in [-0.3, -0.25) is 4.90 Å². The first-order chi connectivity index (χ1) is 8.71. The van der Waals surface area contributed by atoms with E-state index in [0.717, 1.165) is 31.0 Å². The van der Waals surface area contributed by atoms with Crippen LogP contribution in [0.5, 0.6) is 5.75 Å². The molecular weight excluding hydrogens is 224 g/mol. The van der Waals surface area contributed by atoms with Crippen molar-refractivity contribution in [2.24, 2.45) is 5.73 Å². The molecular formula is C15H26N2O. The fourth-order valence-electron chi connectivity index (χ4n) is 1.99. The third-order valence-electron chi connectivity index (χ3n) is 3.40. The van der Waals surface area contributed by atoms with Crippen molar-refractivity contribution in [1.82, 2.24) is 4.90 Å². The third kappa shape index (κ3) is 4.67. The number of hydrogen-bond acceptors (Lipinski definition) is 3. The van der Waals surface area contributed by atoms with Crippen LogP contribution in [0.3, 0.4) is 0 Å². The van der Waals surface area contributed by atoms with Crippen molar-refractivity contribution in [3.8, 4) is 5.75 Å². The molecule has 0 aromatic heterocycles. The van der Waals surface area contributed by atoms with Gasteiger partial charge in [-0.25, -0.2) is 0 Å². The van der Waals surface area contributed by atoms with E-state index in [9.17, 15) is 0 Å². The van der Waals surface area contributed by atoms with Crippen LogP contribution in [0.1, 0.15) is 32.8 Å². The maximum Gasteiger partial charge on any atom is 0.119 e. The van der Waals surface area contributed by atoms with E-state index in [2.05, 4.69) is 25.7 Å². The molecule has 1 rings (SSSR count). The van der Waals surface area contributed by atoms with Gasteiger partial charge in [0.2, 0.25) is 0 Å². The number of nitrogens with two attached hydrogens (primary N) is 1. The summed E-state index contributed by atoms with van der Waals surface area (Å²) in [5.41, 5.74) is 6.72. The molecule has 3 nitrogen and oxygen atoms in total. The fourth-order valence-corrected chi connectivity index (χ4v) is 1.99. The quantitative estimate of drug-likeness (QED) is 0.771. The predicted molar refractivity (Wildman–Crippen MR) is 76.8 cm³/mol. The molecule has 0 amide bonds. The standard InChI is InChI=1S/C15H26N2O/c1-4-13(3)17(5-2)9-10-18-15-8-6-7-14(11-15)12-16/h6-8,11,13H,4-5,9-10,12,16H2,1-3H3. The molecule has 0 bridgehead atoms. The van der Waals surface area contributed by atoms with Crippen molar-refractivity contribution < 1.29 is 4.74 Å². The van der Waals surface area contributed by atoms with Crippen LogP contribution >= 0.6 is 0 Å². The number of nitrogens with zero attached hydrogens (tertiary/aromatic N) is 1. The molecule has 0 spiro atoms. The van der Waals surface area contributed by atoms with Gasteiger partial charge in [-0.2, -0.15) is 0 Å². The molecule has 0 aliphatic carbocycles. The summed E-state index contributed by atoms with van der Waals surface area (Å²) in [6, 6.07) is 8.63. The minimum atomic E-state index is 0.561. The van der Waals surface area contributed by atoms with Gasteiger partial charge in [-0.1, -0.05) is 26.0 Å². The number of hydrogen-bond donors (Lipinski definition) is 1. The van der Waals surface area contributed by atoms with Crippen LogP contribution < -0.4 is 10.5 Å². The maximum atomic E-state index is 5.78. The summed E-state index contributed by atoms with van der Waals surface area (Å²) >= 11 is 0. The van der Waals surface area contributed by atoms with Gasteiger partial charge in [0.15, 0.2) is 0 Å². The molecule has 1 atom stereocenters. The smallest absolute Gasteiger partial charge is 0.119 e. The molecule has 0 saturated carbocycles. The normalized spacial score (nSPS) is 12.7. The Hall–Kier alpha value is -1.06. The molecule has 1 aromatic carbocycles. The zero-order valence-corrected chi connectivity index (χ0v) is 11.9. The lowest BCUT2D eigenvalue weighted by Gasteiger charge is -2.26. The van der Waals surface area contributed by atoms with Crippen LogP contribution in [0.2, 0.25) is 0 Å². The van der Waals surface area contributed by atoms with E-state index in [1.165, 1.54) is 6.42 Å². The molecule has 102 valence electrons. The molecule has 0 radical (unpaired) electrons. The lowest BCUT2D eigenvalue weighted by atomic mass is 10.2. The van der Waals surface area contributed by atoms with Crippen LogP contribution in [-0.4, -0.2) is 30.6 Å². The maximum absolute atomic E-state index is 5.78. The molecule has 0 aliphatic heterocycles. The van der Waals surface area contributed by atoms with Crippen LogP contribution in [-0.2, 0) is 6.54 Å². The average molecular weight is 250 g/mol. The summed E-state index contributed by atoms with van der Waals surface area (Å²) in [5, 5.41) is 0. The highest BCUT2D eigenvalue weighted by atomic mass is 16.5. The average Bonchev–Trinajstić information content (AvgIpc) is 2.43. The summed E-state index contributed by atoms with van der Waals surface area (Å²) in [7, 11) is 0. The summed E-state index contributed by atoms with van der Waals surface area (Å²) in [4.78, 5) is 2.44. The number of rotatable bonds is 8. The van der Waals surface area contributed by atoms with Crippen LogP contribution in [0, 0.1) is 0 Å². The highest BCUT2D eigenvalue weighted by Gasteiger charge is 2.09. The number of benzene rings is 1. The topological polar surface area (TPSA) is 38.5 Å². The molecule has 18 heavy (non-hydrogen) atoms. The monoisotopic (exact) mass is 250 g/mol. The van der Waals surface area contributed by atoms with Crippen LogP contribution in [0.15, 0.2) is 24.3 Å². The van der Waals surface area contributed by atoms with Crippen LogP contribution in [0.4, 0.5) is 0 Å². The minimum Gasteiger partial charge on any atom is -0.492 e. The van der Waals surface area contributed by atoms with Gasteiger partial charge >= 0.3 is 0 Å². The number of ether oxygens (including phenoxy) is 1.